The molecule has 0 fully saturated rings. The number of likely N-dealkylation sites (N-methyl/N-ethyl adjacent to an activating group) is 1. The highest BCUT2D eigenvalue weighted by molar-refractivity contribution is 4.51. The molecular formula is C10H25NO2. The Morgan fingerprint density at radius 1 is 1.15 bits per heavy atom. The van der Waals surface area contributed by atoms with Crippen molar-refractivity contribution in [3.8, 4) is 0 Å². The fourth-order valence-electron chi connectivity index (χ4n) is 0.886. The van der Waals surface area contributed by atoms with Crippen molar-refractivity contribution in [1.29, 1.82) is 0 Å². The minimum atomic E-state index is 0.286. The molecular weight excluding hydrogens is 166 g/mol. The summed E-state index contributed by atoms with van der Waals surface area (Å²) in [6.07, 6.45) is 1.17. The lowest BCUT2D eigenvalue weighted by molar-refractivity contribution is 0.202. The average molecular weight is 191 g/mol. The van der Waals surface area contributed by atoms with E-state index in [1.807, 2.05) is 6.92 Å². The van der Waals surface area contributed by atoms with Crippen LogP contribution in [0.3, 0.4) is 0 Å². The van der Waals surface area contributed by atoms with Gasteiger partial charge in [-0.1, -0.05) is 13.8 Å². The number of ether oxygens (including phenoxy) is 1. The van der Waals surface area contributed by atoms with Crippen molar-refractivity contribution in [3.05, 3.63) is 0 Å². The number of rotatable bonds is 6. The van der Waals surface area contributed by atoms with E-state index in [0.29, 0.717) is 0 Å². The van der Waals surface area contributed by atoms with Gasteiger partial charge >= 0.3 is 0 Å². The molecule has 0 rings (SSSR count). The average Bonchev–Trinajstić information content (AvgIpc) is 2.18. The molecule has 0 saturated carbocycles. The number of nitrogens with zero attached hydrogens (tertiary/aromatic N) is 1. The van der Waals surface area contributed by atoms with Crippen LogP contribution < -0.4 is 0 Å². The lowest BCUT2D eigenvalue weighted by atomic mass is 10.4. The molecule has 13 heavy (non-hydrogen) atoms. The molecule has 0 aliphatic heterocycles. The minimum absolute atomic E-state index is 0.286. The van der Waals surface area contributed by atoms with Gasteiger partial charge in [0.25, 0.3) is 0 Å². The van der Waals surface area contributed by atoms with E-state index in [-0.39, 0.29) is 6.61 Å². The highest BCUT2D eigenvalue weighted by Crippen LogP contribution is 1.88. The molecule has 0 aromatic rings. The summed E-state index contributed by atoms with van der Waals surface area (Å²) < 4.78 is 4.54. The van der Waals surface area contributed by atoms with Gasteiger partial charge in [0.05, 0.1) is 6.61 Å². The molecule has 0 radical (unpaired) electrons. The molecule has 0 spiro atoms. The van der Waals surface area contributed by atoms with Crippen LogP contribution in [0, 0.1) is 0 Å². The molecule has 0 heterocycles. The van der Waals surface area contributed by atoms with Gasteiger partial charge in [-0.15, -0.1) is 0 Å². The highest BCUT2D eigenvalue weighted by Gasteiger charge is 1.96. The van der Waals surface area contributed by atoms with Gasteiger partial charge in [-0.2, -0.15) is 0 Å². The van der Waals surface area contributed by atoms with Gasteiger partial charge in [-0.3, -0.25) is 0 Å². The van der Waals surface area contributed by atoms with Crippen molar-refractivity contribution in [2.24, 2.45) is 0 Å². The molecule has 1 N–H and O–H groups in total. The second-order valence-corrected chi connectivity index (χ2v) is 2.74. The summed E-state index contributed by atoms with van der Waals surface area (Å²) in [7, 11) is 1.68. The summed E-state index contributed by atoms with van der Waals surface area (Å²) in [5.41, 5.74) is 0. The topological polar surface area (TPSA) is 32.7 Å². The molecule has 0 atom stereocenters. The Bertz CT molecular complexity index is 71.3. The van der Waals surface area contributed by atoms with Gasteiger partial charge in [0.15, 0.2) is 0 Å². The van der Waals surface area contributed by atoms with Crippen molar-refractivity contribution in [2.45, 2.75) is 27.2 Å². The van der Waals surface area contributed by atoms with Crippen LogP contribution >= 0.6 is 0 Å². The van der Waals surface area contributed by atoms with Crippen LogP contribution in [0.4, 0.5) is 0 Å². The van der Waals surface area contributed by atoms with Gasteiger partial charge in [-0.25, -0.2) is 0 Å². The first-order valence-electron chi connectivity index (χ1n) is 5.08. The molecule has 0 unspecified atom stereocenters. The predicted molar refractivity (Wildman–Crippen MR) is 57.0 cm³/mol. The van der Waals surface area contributed by atoms with E-state index in [9.17, 15) is 0 Å². The maximum atomic E-state index is 8.55. The molecule has 0 aromatic heterocycles. The number of aliphatic hydroxyl groups is 1. The quantitative estimate of drug-likeness (QED) is 0.688. The van der Waals surface area contributed by atoms with E-state index in [1.54, 1.807) is 7.11 Å². The normalized spacial score (nSPS) is 9.69. The second-order valence-electron chi connectivity index (χ2n) is 2.74. The van der Waals surface area contributed by atoms with Crippen molar-refractivity contribution in [3.63, 3.8) is 0 Å². The zero-order valence-corrected chi connectivity index (χ0v) is 9.55. The molecule has 0 aliphatic carbocycles. The monoisotopic (exact) mass is 191 g/mol. The molecule has 0 saturated heterocycles. The van der Waals surface area contributed by atoms with Crippen LogP contribution in [0.2, 0.25) is 0 Å². The minimum Gasteiger partial charge on any atom is -0.395 e. The van der Waals surface area contributed by atoms with Crippen LogP contribution in [0.5, 0.6) is 0 Å². The molecule has 0 aliphatic rings. The van der Waals surface area contributed by atoms with Crippen LogP contribution in [-0.4, -0.2) is 50.0 Å². The van der Waals surface area contributed by atoms with Gasteiger partial charge in [0.1, 0.15) is 0 Å². The van der Waals surface area contributed by atoms with Crippen molar-refractivity contribution < 1.29 is 9.84 Å². The zero-order valence-electron chi connectivity index (χ0n) is 9.55. The van der Waals surface area contributed by atoms with Crippen molar-refractivity contribution in [1.82, 2.24) is 4.90 Å². The number of methoxy groups -OCH3 is 1. The molecule has 0 bridgehead atoms. The maximum Gasteiger partial charge on any atom is 0.0558 e. The summed E-state index contributed by atoms with van der Waals surface area (Å²) in [6, 6.07) is 0. The summed E-state index contributed by atoms with van der Waals surface area (Å²) in [6.45, 7) is 10.3. The van der Waals surface area contributed by atoms with E-state index in [0.717, 1.165) is 26.2 Å². The predicted octanol–water partition coefficient (Wildman–Crippen LogP) is 1.36. The van der Waals surface area contributed by atoms with E-state index in [4.69, 9.17) is 5.11 Å². The molecule has 0 aromatic carbocycles. The molecule has 0 amide bonds. The summed E-state index contributed by atoms with van der Waals surface area (Å²) in [4.78, 5) is 2.24. The Morgan fingerprint density at radius 2 is 1.69 bits per heavy atom. The van der Waals surface area contributed by atoms with Crippen molar-refractivity contribution >= 4 is 0 Å². The maximum absolute atomic E-state index is 8.55. The van der Waals surface area contributed by atoms with Crippen LogP contribution in [0.25, 0.3) is 0 Å². The fourth-order valence-corrected chi connectivity index (χ4v) is 0.886. The SMILES string of the molecule is CCCN(CC)CCO.CCOC. The fraction of sp³-hybridized carbons (Fsp3) is 1.00. The van der Waals surface area contributed by atoms with E-state index >= 15 is 0 Å². The lowest BCUT2D eigenvalue weighted by Gasteiger charge is -2.17. The number of aliphatic hydroxyl groups excluding tert-OH is 1. The van der Waals surface area contributed by atoms with Crippen LogP contribution in [-0.2, 0) is 4.74 Å². The van der Waals surface area contributed by atoms with Gasteiger partial charge in [-0.05, 0) is 26.4 Å². The summed E-state index contributed by atoms with van der Waals surface area (Å²) in [5, 5.41) is 8.55. The van der Waals surface area contributed by atoms with E-state index < -0.39 is 0 Å². The molecule has 3 nitrogen and oxygen atoms in total. The Labute approximate surface area is 82.7 Å². The number of hydrogen-bond donors (Lipinski definition) is 1. The third-order valence-electron chi connectivity index (χ3n) is 1.69. The van der Waals surface area contributed by atoms with Gasteiger partial charge in [0.2, 0.25) is 0 Å². The molecule has 3 heteroatoms. The second kappa shape index (κ2) is 14.4. The summed E-state index contributed by atoms with van der Waals surface area (Å²) >= 11 is 0. The smallest absolute Gasteiger partial charge is 0.0558 e. The van der Waals surface area contributed by atoms with Gasteiger partial charge < -0.3 is 14.7 Å². The Hall–Kier alpha value is -0.120. The summed E-state index contributed by atoms with van der Waals surface area (Å²) in [5.74, 6) is 0. The Kier molecular flexibility index (Phi) is 17.0. The Morgan fingerprint density at radius 3 is 1.92 bits per heavy atom. The largest absolute Gasteiger partial charge is 0.395 e. The van der Waals surface area contributed by atoms with E-state index in [1.165, 1.54) is 6.42 Å². The number of hydrogen-bond acceptors (Lipinski definition) is 3. The van der Waals surface area contributed by atoms with Crippen molar-refractivity contribution in [2.75, 3.05) is 40.0 Å². The van der Waals surface area contributed by atoms with Crippen LogP contribution in [0.1, 0.15) is 27.2 Å². The van der Waals surface area contributed by atoms with Gasteiger partial charge in [0, 0.05) is 20.3 Å². The van der Waals surface area contributed by atoms with E-state index in [2.05, 4.69) is 23.5 Å². The third kappa shape index (κ3) is 14.7. The standard InChI is InChI=1S/C7H17NO.C3H8O/c1-3-5-8(4-2)6-7-9;1-3-4-2/h9H,3-7H2,1-2H3;3H2,1-2H3. The lowest BCUT2D eigenvalue weighted by Crippen LogP contribution is -2.27. The highest BCUT2D eigenvalue weighted by atomic mass is 16.5. The first-order valence-corrected chi connectivity index (χ1v) is 5.08. The Balaban J connectivity index is 0. The zero-order chi connectivity index (χ0) is 10.5. The third-order valence-corrected chi connectivity index (χ3v) is 1.69. The first kappa shape index (κ1) is 15.4. The molecule has 82 valence electrons. The van der Waals surface area contributed by atoms with Crippen LogP contribution in [0.15, 0.2) is 0 Å². The first-order chi connectivity index (χ1) is 6.26.